The number of amides is 1. The van der Waals surface area contributed by atoms with Gasteiger partial charge in [-0.1, -0.05) is 59.6 Å². The fourth-order valence-corrected chi connectivity index (χ4v) is 3.89. The first kappa shape index (κ1) is 19.2. The van der Waals surface area contributed by atoms with Crippen molar-refractivity contribution in [3.63, 3.8) is 0 Å². The Morgan fingerprint density at radius 1 is 0.893 bits per heavy atom. The van der Waals surface area contributed by atoms with E-state index in [4.69, 9.17) is 23.2 Å². The van der Waals surface area contributed by atoms with Crippen molar-refractivity contribution >= 4 is 69.2 Å². The van der Waals surface area contributed by atoms with Crippen LogP contribution < -0.4 is 4.90 Å². The van der Waals surface area contributed by atoms with E-state index in [9.17, 15) is 4.79 Å². The van der Waals surface area contributed by atoms with Gasteiger partial charge in [0.1, 0.15) is 0 Å². The third-order valence-electron chi connectivity index (χ3n) is 4.41. The maximum atomic E-state index is 13.3. The first-order valence-corrected chi connectivity index (χ1v) is 10.4. The van der Waals surface area contributed by atoms with Crippen molar-refractivity contribution < 1.29 is 4.79 Å². The molecule has 0 spiro atoms. The van der Waals surface area contributed by atoms with Crippen LogP contribution >= 0.6 is 45.8 Å². The van der Waals surface area contributed by atoms with E-state index in [0.29, 0.717) is 15.6 Å². The normalized spacial score (nSPS) is 15.2. The molecule has 0 atom stereocenters. The van der Waals surface area contributed by atoms with Crippen LogP contribution in [0.2, 0.25) is 10.0 Å². The van der Waals surface area contributed by atoms with Gasteiger partial charge in [-0.3, -0.25) is 9.69 Å². The van der Waals surface area contributed by atoms with Crippen LogP contribution in [0, 0.1) is 3.57 Å². The summed E-state index contributed by atoms with van der Waals surface area (Å²) in [5.74, 6) is -0.0916. The number of benzene rings is 3. The van der Waals surface area contributed by atoms with Crippen molar-refractivity contribution in [2.75, 3.05) is 4.90 Å². The second-order valence-corrected chi connectivity index (χ2v) is 8.37. The molecule has 3 aromatic rings. The standard InChI is InChI=1S/C23H14Cl2INO/c24-18-7-6-16(21(25)14-18)12-17-13-22(15-4-2-1-3-5-15)27(23(17)28)20-10-8-19(26)9-11-20/h1-14H/b17-12+. The van der Waals surface area contributed by atoms with Gasteiger partial charge in [-0.25, -0.2) is 0 Å². The van der Waals surface area contributed by atoms with Crippen molar-refractivity contribution in [2.45, 2.75) is 0 Å². The molecule has 1 aliphatic heterocycles. The Morgan fingerprint density at radius 3 is 2.29 bits per heavy atom. The molecule has 4 rings (SSSR count). The first-order chi connectivity index (χ1) is 13.5. The summed E-state index contributed by atoms with van der Waals surface area (Å²) in [7, 11) is 0. The number of halogens is 3. The number of anilines is 1. The Bertz CT molecular complexity index is 1110. The smallest absolute Gasteiger partial charge is 0.262 e. The monoisotopic (exact) mass is 517 g/mol. The van der Waals surface area contributed by atoms with E-state index in [0.717, 1.165) is 26.1 Å². The van der Waals surface area contributed by atoms with Gasteiger partial charge < -0.3 is 0 Å². The summed E-state index contributed by atoms with van der Waals surface area (Å²) in [5, 5.41) is 1.07. The predicted octanol–water partition coefficient (Wildman–Crippen LogP) is 7.07. The zero-order valence-corrected chi connectivity index (χ0v) is 18.2. The quantitative estimate of drug-likeness (QED) is 0.269. The first-order valence-electron chi connectivity index (χ1n) is 8.57. The number of nitrogens with zero attached hydrogens (tertiary/aromatic N) is 1. The van der Waals surface area contributed by atoms with E-state index in [2.05, 4.69) is 22.6 Å². The highest BCUT2D eigenvalue weighted by molar-refractivity contribution is 14.1. The minimum atomic E-state index is -0.0916. The van der Waals surface area contributed by atoms with Crippen LogP contribution in [0.3, 0.4) is 0 Å². The van der Waals surface area contributed by atoms with Crippen molar-refractivity contribution in [1.29, 1.82) is 0 Å². The molecule has 0 aromatic heterocycles. The lowest BCUT2D eigenvalue weighted by molar-refractivity contribution is -0.113. The summed E-state index contributed by atoms with van der Waals surface area (Å²) < 4.78 is 1.11. The van der Waals surface area contributed by atoms with Gasteiger partial charge in [0.25, 0.3) is 5.91 Å². The molecule has 0 N–H and O–H groups in total. The summed E-state index contributed by atoms with van der Waals surface area (Å²) >= 11 is 14.5. The highest BCUT2D eigenvalue weighted by atomic mass is 127. The van der Waals surface area contributed by atoms with E-state index in [1.54, 1.807) is 23.1 Å². The average molecular weight is 518 g/mol. The van der Waals surface area contributed by atoms with E-state index < -0.39 is 0 Å². The van der Waals surface area contributed by atoms with Gasteiger partial charge in [-0.2, -0.15) is 0 Å². The third-order valence-corrected chi connectivity index (χ3v) is 5.69. The molecule has 1 amide bonds. The molecular weight excluding hydrogens is 504 g/mol. The molecular formula is C23H14Cl2INO. The molecule has 1 heterocycles. The highest BCUT2D eigenvalue weighted by Crippen LogP contribution is 2.36. The SMILES string of the molecule is O=C1/C(=C/c2ccc(Cl)cc2Cl)C=C(c2ccccc2)N1c1ccc(I)cc1. The number of rotatable bonds is 3. The van der Waals surface area contributed by atoms with Crippen molar-refractivity contribution in [2.24, 2.45) is 0 Å². The molecule has 28 heavy (non-hydrogen) atoms. The lowest BCUT2D eigenvalue weighted by atomic mass is 10.1. The second-order valence-electron chi connectivity index (χ2n) is 6.28. The number of carbonyl (C=O) groups excluding carboxylic acids is 1. The Labute approximate surface area is 187 Å². The second kappa shape index (κ2) is 8.11. The molecule has 0 unspecified atom stereocenters. The topological polar surface area (TPSA) is 20.3 Å². The molecule has 138 valence electrons. The average Bonchev–Trinajstić information content (AvgIpc) is 3.02. The number of hydrogen-bond donors (Lipinski definition) is 0. The van der Waals surface area contributed by atoms with Crippen molar-refractivity contribution in [3.8, 4) is 0 Å². The van der Waals surface area contributed by atoms with Crippen LogP contribution in [0.15, 0.2) is 84.4 Å². The fraction of sp³-hybridized carbons (Fsp3) is 0. The molecule has 1 aliphatic rings. The lowest BCUT2D eigenvalue weighted by Gasteiger charge is -2.21. The highest BCUT2D eigenvalue weighted by Gasteiger charge is 2.30. The zero-order valence-electron chi connectivity index (χ0n) is 14.6. The Balaban J connectivity index is 1.83. The van der Waals surface area contributed by atoms with Crippen LogP contribution in [0.4, 0.5) is 5.69 Å². The van der Waals surface area contributed by atoms with Gasteiger partial charge in [-0.15, -0.1) is 0 Å². The van der Waals surface area contributed by atoms with Crippen molar-refractivity contribution in [1.82, 2.24) is 0 Å². The maximum Gasteiger partial charge on any atom is 0.262 e. The van der Waals surface area contributed by atoms with Crippen LogP contribution in [0.5, 0.6) is 0 Å². The fourth-order valence-electron chi connectivity index (χ4n) is 3.07. The Morgan fingerprint density at radius 2 is 1.61 bits per heavy atom. The zero-order chi connectivity index (χ0) is 19.7. The Hall–Kier alpha value is -2.08. The van der Waals surface area contributed by atoms with Gasteiger partial charge in [-0.05, 0) is 82.3 Å². The molecule has 0 bridgehead atoms. The third kappa shape index (κ3) is 3.88. The number of hydrogen-bond acceptors (Lipinski definition) is 1. The van der Waals surface area contributed by atoms with Gasteiger partial charge in [0.05, 0.1) is 5.70 Å². The molecule has 0 saturated heterocycles. The molecule has 5 heteroatoms. The van der Waals surface area contributed by atoms with Crippen LogP contribution in [-0.4, -0.2) is 5.91 Å². The molecule has 0 saturated carbocycles. The van der Waals surface area contributed by atoms with Crippen LogP contribution in [0.1, 0.15) is 11.1 Å². The van der Waals surface area contributed by atoms with E-state index >= 15 is 0 Å². The van der Waals surface area contributed by atoms with Gasteiger partial charge in [0.2, 0.25) is 0 Å². The molecule has 0 radical (unpaired) electrons. The number of carbonyl (C=O) groups is 1. The predicted molar refractivity (Wildman–Crippen MR) is 126 cm³/mol. The molecule has 0 aliphatic carbocycles. The summed E-state index contributed by atoms with van der Waals surface area (Å²) in [4.78, 5) is 15.0. The van der Waals surface area contributed by atoms with E-state index in [-0.39, 0.29) is 5.91 Å². The van der Waals surface area contributed by atoms with Gasteiger partial charge in [0.15, 0.2) is 0 Å². The maximum absolute atomic E-state index is 13.3. The van der Waals surface area contributed by atoms with Crippen LogP contribution in [-0.2, 0) is 4.79 Å². The summed E-state index contributed by atoms with van der Waals surface area (Å²) in [6, 6.07) is 23.0. The van der Waals surface area contributed by atoms with E-state index in [1.165, 1.54) is 0 Å². The van der Waals surface area contributed by atoms with Gasteiger partial charge >= 0.3 is 0 Å². The summed E-state index contributed by atoms with van der Waals surface area (Å²) in [6.45, 7) is 0. The molecule has 2 nitrogen and oxygen atoms in total. The molecule has 0 fully saturated rings. The van der Waals surface area contributed by atoms with Crippen molar-refractivity contribution in [3.05, 3.63) is 109 Å². The van der Waals surface area contributed by atoms with Crippen LogP contribution in [0.25, 0.3) is 11.8 Å². The Kier molecular flexibility index (Phi) is 5.58. The largest absolute Gasteiger partial charge is 0.276 e. The van der Waals surface area contributed by atoms with E-state index in [1.807, 2.05) is 66.7 Å². The lowest BCUT2D eigenvalue weighted by Crippen LogP contribution is -2.24. The summed E-state index contributed by atoms with van der Waals surface area (Å²) in [6.07, 6.45) is 3.71. The minimum Gasteiger partial charge on any atom is -0.276 e. The van der Waals surface area contributed by atoms with Gasteiger partial charge in [0, 0.05) is 24.9 Å². The summed E-state index contributed by atoms with van der Waals surface area (Å²) in [5.41, 5.74) is 3.96. The minimum absolute atomic E-state index is 0.0916. The molecule has 3 aromatic carbocycles.